The highest BCUT2D eigenvalue weighted by atomic mass is 16.5. The molecular weight excluding hydrogens is 208 g/mol. The van der Waals surface area contributed by atoms with Gasteiger partial charge in [-0.05, 0) is 13.3 Å². The largest absolute Gasteiger partial charge is 0.467 e. The third-order valence-electron chi connectivity index (χ3n) is 2.38. The van der Waals surface area contributed by atoms with Crippen molar-refractivity contribution in [1.82, 2.24) is 15.0 Å². The second kappa shape index (κ2) is 5.60. The Kier molecular flexibility index (Phi) is 4.42. The van der Waals surface area contributed by atoms with Crippen molar-refractivity contribution in [3.05, 3.63) is 5.82 Å². The zero-order valence-electron chi connectivity index (χ0n) is 10.1. The van der Waals surface area contributed by atoms with Crippen molar-refractivity contribution in [1.29, 1.82) is 0 Å². The third kappa shape index (κ3) is 2.79. The van der Waals surface area contributed by atoms with E-state index in [1.165, 1.54) is 14.2 Å². The van der Waals surface area contributed by atoms with Crippen LogP contribution < -0.4 is 15.2 Å². The van der Waals surface area contributed by atoms with Crippen LogP contribution in [-0.2, 0) is 0 Å². The fourth-order valence-electron chi connectivity index (χ4n) is 1.49. The Morgan fingerprint density at radius 2 is 1.62 bits per heavy atom. The normalized spacial score (nSPS) is 14.3. The topological polar surface area (TPSA) is 83.2 Å². The van der Waals surface area contributed by atoms with Crippen molar-refractivity contribution >= 4 is 0 Å². The lowest BCUT2D eigenvalue weighted by Crippen LogP contribution is -2.26. The summed E-state index contributed by atoms with van der Waals surface area (Å²) in [5.41, 5.74) is 5.88. The number of hydrogen-bond donors (Lipinski definition) is 1. The minimum atomic E-state index is -0.0261. The smallest absolute Gasteiger partial charge is 0.322 e. The highest BCUT2D eigenvalue weighted by Gasteiger charge is 2.19. The minimum Gasteiger partial charge on any atom is -0.467 e. The molecule has 0 saturated carbocycles. The first kappa shape index (κ1) is 12.6. The Morgan fingerprint density at radius 3 is 1.94 bits per heavy atom. The molecule has 6 heteroatoms. The molecule has 1 rings (SSSR count). The summed E-state index contributed by atoms with van der Waals surface area (Å²) >= 11 is 0. The molecule has 90 valence electrons. The van der Waals surface area contributed by atoms with Crippen molar-refractivity contribution in [2.75, 3.05) is 14.2 Å². The first-order valence-electron chi connectivity index (χ1n) is 5.21. The summed E-state index contributed by atoms with van der Waals surface area (Å²) in [6.07, 6.45) is 0.855. The molecule has 6 nitrogen and oxygen atoms in total. The van der Waals surface area contributed by atoms with E-state index >= 15 is 0 Å². The van der Waals surface area contributed by atoms with Crippen LogP contribution in [0.15, 0.2) is 0 Å². The molecule has 0 aliphatic heterocycles. The Labute approximate surface area is 95.2 Å². The Balaban J connectivity index is 3.10. The van der Waals surface area contributed by atoms with Crippen LogP contribution in [0, 0.1) is 0 Å². The summed E-state index contributed by atoms with van der Waals surface area (Å²) in [7, 11) is 3.01. The highest BCUT2D eigenvalue weighted by Crippen LogP contribution is 2.21. The SMILES string of the molecule is CCC(c1nc(OC)nc(OC)n1)C(C)N. The van der Waals surface area contributed by atoms with Crippen LogP contribution in [-0.4, -0.2) is 35.2 Å². The molecule has 1 heterocycles. The number of aromatic nitrogens is 3. The van der Waals surface area contributed by atoms with Crippen LogP contribution in [0.5, 0.6) is 12.0 Å². The molecular formula is C10H18N4O2. The van der Waals surface area contributed by atoms with E-state index in [0.717, 1.165) is 6.42 Å². The predicted octanol–water partition coefficient (Wildman–Crippen LogP) is 0.730. The molecule has 1 aromatic rings. The molecule has 0 aliphatic rings. The number of methoxy groups -OCH3 is 2. The lowest BCUT2D eigenvalue weighted by Gasteiger charge is -2.17. The Morgan fingerprint density at radius 1 is 1.12 bits per heavy atom. The van der Waals surface area contributed by atoms with Gasteiger partial charge >= 0.3 is 12.0 Å². The van der Waals surface area contributed by atoms with Gasteiger partial charge in [-0.15, -0.1) is 4.98 Å². The van der Waals surface area contributed by atoms with Crippen molar-refractivity contribution in [3.63, 3.8) is 0 Å². The second-order valence-corrected chi connectivity index (χ2v) is 3.54. The fraction of sp³-hybridized carbons (Fsp3) is 0.700. The summed E-state index contributed by atoms with van der Waals surface area (Å²) in [5.74, 6) is 0.687. The van der Waals surface area contributed by atoms with Crippen LogP contribution in [0.3, 0.4) is 0 Å². The summed E-state index contributed by atoms with van der Waals surface area (Å²) < 4.78 is 9.98. The van der Waals surface area contributed by atoms with Gasteiger partial charge in [0, 0.05) is 12.0 Å². The average molecular weight is 226 g/mol. The van der Waals surface area contributed by atoms with E-state index in [2.05, 4.69) is 15.0 Å². The summed E-state index contributed by atoms with van der Waals surface area (Å²) in [6.45, 7) is 3.97. The van der Waals surface area contributed by atoms with E-state index in [1.807, 2.05) is 13.8 Å². The molecule has 0 aliphatic carbocycles. The molecule has 0 saturated heterocycles. The number of rotatable bonds is 5. The van der Waals surface area contributed by atoms with Crippen LogP contribution in [0.1, 0.15) is 32.0 Å². The highest BCUT2D eigenvalue weighted by molar-refractivity contribution is 5.10. The molecule has 2 N–H and O–H groups in total. The van der Waals surface area contributed by atoms with E-state index in [1.54, 1.807) is 0 Å². The van der Waals surface area contributed by atoms with Crippen LogP contribution in [0.25, 0.3) is 0 Å². The fourth-order valence-corrected chi connectivity index (χ4v) is 1.49. The summed E-state index contributed by atoms with van der Waals surface area (Å²) in [5, 5.41) is 0. The van der Waals surface area contributed by atoms with Gasteiger partial charge in [0.05, 0.1) is 14.2 Å². The molecule has 0 amide bonds. The maximum atomic E-state index is 5.88. The van der Waals surface area contributed by atoms with Gasteiger partial charge in [0.1, 0.15) is 5.82 Å². The molecule has 0 spiro atoms. The first-order chi connectivity index (χ1) is 7.62. The van der Waals surface area contributed by atoms with Gasteiger partial charge in [0.15, 0.2) is 0 Å². The van der Waals surface area contributed by atoms with E-state index in [0.29, 0.717) is 5.82 Å². The van der Waals surface area contributed by atoms with Gasteiger partial charge in [-0.1, -0.05) is 6.92 Å². The molecule has 0 fully saturated rings. The van der Waals surface area contributed by atoms with E-state index < -0.39 is 0 Å². The van der Waals surface area contributed by atoms with Gasteiger partial charge in [-0.25, -0.2) is 0 Å². The molecule has 0 bridgehead atoms. The molecule has 1 aromatic heterocycles. The summed E-state index contributed by atoms with van der Waals surface area (Å²) in [6, 6.07) is 0.476. The zero-order valence-corrected chi connectivity index (χ0v) is 10.1. The van der Waals surface area contributed by atoms with Crippen LogP contribution >= 0.6 is 0 Å². The Hall–Kier alpha value is -1.43. The maximum absolute atomic E-state index is 5.88. The first-order valence-corrected chi connectivity index (χ1v) is 5.21. The third-order valence-corrected chi connectivity index (χ3v) is 2.38. The maximum Gasteiger partial charge on any atom is 0.322 e. The molecule has 0 aromatic carbocycles. The molecule has 16 heavy (non-hydrogen) atoms. The van der Waals surface area contributed by atoms with Crippen molar-refractivity contribution < 1.29 is 9.47 Å². The van der Waals surface area contributed by atoms with Gasteiger partial charge < -0.3 is 15.2 Å². The standard InChI is InChI=1S/C10H18N4O2/c1-5-7(6(2)11)8-12-9(15-3)14-10(13-8)16-4/h6-7H,5,11H2,1-4H3. The second-order valence-electron chi connectivity index (χ2n) is 3.54. The van der Waals surface area contributed by atoms with Crippen molar-refractivity contribution in [3.8, 4) is 12.0 Å². The van der Waals surface area contributed by atoms with E-state index in [-0.39, 0.29) is 24.0 Å². The van der Waals surface area contributed by atoms with Gasteiger partial charge in [0.2, 0.25) is 0 Å². The average Bonchev–Trinajstić information content (AvgIpc) is 2.29. The molecule has 2 unspecified atom stereocenters. The van der Waals surface area contributed by atoms with E-state index in [9.17, 15) is 0 Å². The zero-order chi connectivity index (χ0) is 12.1. The van der Waals surface area contributed by atoms with Crippen molar-refractivity contribution in [2.24, 2.45) is 5.73 Å². The van der Waals surface area contributed by atoms with Gasteiger partial charge in [0.25, 0.3) is 0 Å². The lowest BCUT2D eigenvalue weighted by atomic mass is 9.98. The van der Waals surface area contributed by atoms with E-state index in [4.69, 9.17) is 15.2 Å². The molecule has 2 atom stereocenters. The van der Waals surface area contributed by atoms with Crippen molar-refractivity contribution in [2.45, 2.75) is 32.2 Å². The predicted molar refractivity (Wildman–Crippen MR) is 59.6 cm³/mol. The number of ether oxygens (including phenoxy) is 2. The quantitative estimate of drug-likeness (QED) is 0.796. The number of nitrogens with two attached hydrogens (primary N) is 1. The monoisotopic (exact) mass is 226 g/mol. The van der Waals surface area contributed by atoms with Gasteiger partial charge in [-0.2, -0.15) is 9.97 Å². The van der Waals surface area contributed by atoms with Gasteiger partial charge in [-0.3, -0.25) is 0 Å². The molecule has 0 radical (unpaired) electrons. The van der Waals surface area contributed by atoms with Crippen LogP contribution in [0.2, 0.25) is 0 Å². The van der Waals surface area contributed by atoms with Crippen LogP contribution in [0.4, 0.5) is 0 Å². The minimum absolute atomic E-state index is 0.0261. The Bertz CT molecular complexity index is 321. The number of nitrogens with zero attached hydrogens (tertiary/aromatic N) is 3. The summed E-state index contributed by atoms with van der Waals surface area (Å²) in [4.78, 5) is 12.3. The number of hydrogen-bond acceptors (Lipinski definition) is 6. The lowest BCUT2D eigenvalue weighted by molar-refractivity contribution is 0.331.